The number of aryl methyl sites for hydroxylation is 1. The number of nitrogens with one attached hydrogen (secondary N) is 2. The van der Waals surface area contributed by atoms with Gasteiger partial charge in [0.1, 0.15) is 5.69 Å². The Morgan fingerprint density at radius 3 is 2.66 bits per heavy atom. The van der Waals surface area contributed by atoms with Crippen molar-refractivity contribution in [3.8, 4) is 0 Å². The van der Waals surface area contributed by atoms with E-state index in [9.17, 15) is 18.0 Å². The molecule has 3 atom stereocenters. The molecule has 4 aromatic rings. The molecule has 0 radical (unpaired) electrons. The summed E-state index contributed by atoms with van der Waals surface area (Å²) in [6.07, 6.45) is -0.336. The van der Waals surface area contributed by atoms with E-state index < -0.39 is 11.9 Å². The average molecular weight is 482 g/mol. The number of hydrogen-bond acceptors (Lipinski definition) is 4. The third-order valence-corrected chi connectivity index (χ3v) is 6.81. The molecule has 2 unspecified atom stereocenters. The van der Waals surface area contributed by atoms with Crippen LogP contribution in [0.15, 0.2) is 54.7 Å². The molecule has 1 aliphatic carbocycles. The highest BCUT2D eigenvalue weighted by Gasteiger charge is 2.35. The second-order valence-electron chi connectivity index (χ2n) is 9.29. The molecule has 3 aromatic heterocycles. The van der Waals surface area contributed by atoms with Gasteiger partial charge in [0.2, 0.25) is 0 Å². The predicted octanol–water partition coefficient (Wildman–Crippen LogP) is 5.61. The number of nitrogens with zero attached hydrogens (tertiary/aromatic N) is 3. The maximum Gasteiger partial charge on any atom is 0.433 e. The molecule has 6 nitrogen and oxygen atoms in total. The van der Waals surface area contributed by atoms with Gasteiger partial charge < -0.3 is 10.6 Å². The minimum Gasteiger partial charge on any atom is -0.381 e. The molecule has 35 heavy (non-hydrogen) atoms. The van der Waals surface area contributed by atoms with E-state index in [2.05, 4.69) is 20.7 Å². The standard InChI is InChI=1S/C26H26F3N5O/c1-15-9-10-21-18(12-15)22(14-24(31-21)26(27,28)29)30-19-7-5-8-20(16(19)2)32-25(35)23-13-17-6-3-4-11-34(17)33-23/h3-4,6,9-14,16,19-20H,5,7-8H2,1-2H3,(H,30,31)(H,32,35)/t16?,19-,20?/m0/s1. The van der Waals surface area contributed by atoms with Gasteiger partial charge in [-0.15, -0.1) is 0 Å². The van der Waals surface area contributed by atoms with Gasteiger partial charge in [-0.3, -0.25) is 4.79 Å². The number of carbonyl (C=O) groups excluding carboxylic acids is 1. The van der Waals surface area contributed by atoms with Crippen LogP contribution in [-0.2, 0) is 6.18 Å². The first kappa shape index (κ1) is 23.1. The van der Waals surface area contributed by atoms with E-state index >= 15 is 0 Å². The topological polar surface area (TPSA) is 71.3 Å². The average Bonchev–Trinajstić information content (AvgIpc) is 3.26. The van der Waals surface area contributed by atoms with Crippen LogP contribution >= 0.6 is 0 Å². The molecule has 1 aliphatic rings. The summed E-state index contributed by atoms with van der Waals surface area (Å²) in [6.45, 7) is 3.92. The summed E-state index contributed by atoms with van der Waals surface area (Å²) in [5.74, 6) is -0.261. The Hall–Kier alpha value is -3.62. The summed E-state index contributed by atoms with van der Waals surface area (Å²) in [5.41, 5.74) is 1.90. The summed E-state index contributed by atoms with van der Waals surface area (Å²) in [5, 5.41) is 11.5. The number of pyridine rings is 2. The van der Waals surface area contributed by atoms with Crippen LogP contribution in [0.4, 0.5) is 18.9 Å². The van der Waals surface area contributed by atoms with Crippen molar-refractivity contribution in [2.45, 2.75) is 51.4 Å². The van der Waals surface area contributed by atoms with Crippen molar-refractivity contribution in [3.05, 3.63) is 71.7 Å². The van der Waals surface area contributed by atoms with Crippen LogP contribution in [0, 0.1) is 12.8 Å². The number of alkyl halides is 3. The fourth-order valence-corrected chi connectivity index (χ4v) is 4.87. The number of benzene rings is 1. The molecule has 0 aliphatic heterocycles. The molecule has 3 heterocycles. The summed E-state index contributed by atoms with van der Waals surface area (Å²) < 4.78 is 42.2. The number of amides is 1. The Morgan fingerprint density at radius 2 is 1.89 bits per heavy atom. The second-order valence-corrected chi connectivity index (χ2v) is 9.29. The molecule has 9 heteroatoms. The van der Waals surface area contributed by atoms with Crippen molar-refractivity contribution < 1.29 is 18.0 Å². The number of fused-ring (bicyclic) bond motifs is 2. The van der Waals surface area contributed by atoms with Gasteiger partial charge in [-0.2, -0.15) is 18.3 Å². The zero-order valence-corrected chi connectivity index (χ0v) is 19.4. The van der Waals surface area contributed by atoms with E-state index in [4.69, 9.17) is 0 Å². The molecule has 1 amide bonds. The van der Waals surface area contributed by atoms with Gasteiger partial charge in [0.05, 0.1) is 11.0 Å². The first-order chi connectivity index (χ1) is 16.7. The predicted molar refractivity (Wildman–Crippen MR) is 128 cm³/mol. The summed E-state index contributed by atoms with van der Waals surface area (Å²) in [4.78, 5) is 16.8. The molecule has 1 fully saturated rings. The summed E-state index contributed by atoms with van der Waals surface area (Å²) in [7, 11) is 0. The van der Waals surface area contributed by atoms with Gasteiger partial charge in [0.25, 0.3) is 5.91 Å². The molecule has 2 N–H and O–H groups in total. The highest BCUT2D eigenvalue weighted by molar-refractivity contribution is 5.94. The van der Waals surface area contributed by atoms with Crippen molar-refractivity contribution in [2.24, 2.45) is 5.92 Å². The fraction of sp³-hybridized carbons (Fsp3) is 0.346. The minimum atomic E-state index is -4.54. The van der Waals surface area contributed by atoms with Crippen molar-refractivity contribution in [1.82, 2.24) is 19.9 Å². The van der Waals surface area contributed by atoms with Crippen LogP contribution in [0.1, 0.15) is 47.9 Å². The zero-order valence-electron chi connectivity index (χ0n) is 19.4. The normalized spacial score (nSPS) is 20.8. The molecule has 5 rings (SSSR count). The van der Waals surface area contributed by atoms with Crippen molar-refractivity contribution in [1.29, 1.82) is 0 Å². The number of anilines is 1. The Balaban J connectivity index is 1.38. The van der Waals surface area contributed by atoms with E-state index in [1.807, 2.05) is 38.1 Å². The van der Waals surface area contributed by atoms with Gasteiger partial charge in [0.15, 0.2) is 5.69 Å². The molecule has 182 valence electrons. The first-order valence-corrected chi connectivity index (χ1v) is 11.7. The zero-order chi connectivity index (χ0) is 24.7. The lowest BCUT2D eigenvalue weighted by Gasteiger charge is -2.37. The van der Waals surface area contributed by atoms with Gasteiger partial charge in [-0.25, -0.2) is 9.50 Å². The Morgan fingerprint density at radius 1 is 1.09 bits per heavy atom. The van der Waals surface area contributed by atoms with E-state index in [0.29, 0.717) is 22.3 Å². The largest absolute Gasteiger partial charge is 0.433 e. The molecule has 1 aromatic carbocycles. The maximum atomic E-state index is 13.5. The second kappa shape index (κ2) is 8.87. The van der Waals surface area contributed by atoms with Crippen LogP contribution in [0.25, 0.3) is 16.4 Å². The van der Waals surface area contributed by atoms with Crippen LogP contribution in [-0.4, -0.2) is 32.6 Å². The van der Waals surface area contributed by atoms with Crippen molar-refractivity contribution >= 4 is 28.0 Å². The summed E-state index contributed by atoms with van der Waals surface area (Å²) >= 11 is 0. The quantitative estimate of drug-likeness (QED) is 0.398. The van der Waals surface area contributed by atoms with E-state index in [1.165, 1.54) is 0 Å². The van der Waals surface area contributed by atoms with Gasteiger partial charge >= 0.3 is 6.18 Å². The van der Waals surface area contributed by atoms with Gasteiger partial charge in [-0.05, 0) is 68.5 Å². The Kier molecular flexibility index (Phi) is 5.86. The monoisotopic (exact) mass is 481 g/mol. The SMILES string of the molecule is Cc1ccc2nc(C(F)(F)F)cc(N[C@H]3CCCC(NC(=O)c4cc5ccccn5n4)C3C)c2c1. The van der Waals surface area contributed by atoms with Gasteiger partial charge in [0, 0.05) is 29.4 Å². The van der Waals surface area contributed by atoms with E-state index in [1.54, 1.807) is 28.9 Å². The highest BCUT2D eigenvalue weighted by Crippen LogP contribution is 2.35. The highest BCUT2D eigenvalue weighted by atomic mass is 19.4. The first-order valence-electron chi connectivity index (χ1n) is 11.7. The number of rotatable bonds is 4. The third kappa shape index (κ3) is 4.67. The number of carbonyl (C=O) groups is 1. The van der Waals surface area contributed by atoms with Crippen LogP contribution < -0.4 is 10.6 Å². The number of hydrogen-bond donors (Lipinski definition) is 2. The minimum absolute atomic E-state index is 0.00732. The third-order valence-electron chi connectivity index (χ3n) is 6.81. The van der Waals surface area contributed by atoms with Crippen molar-refractivity contribution in [2.75, 3.05) is 5.32 Å². The molecule has 1 saturated carbocycles. The van der Waals surface area contributed by atoms with E-state index in [-0.39, 0.29) is 23.9 Å². The fourth-order valence-electron chi connectivity index (χ4n) is 4.87. The molecule has 0 spiro atoms. The Labute approximate surface area is 200 Å². The Bertz CT molecular complexity index is 1360. The lowest BCUT2D eigenvalue weighted by Crippen LogP contribution is -2.48. The smallest absolute Gasteiger partial charge is 0.381 e. The number of halogens is 3. The molecule has 0 bridgehead atoms. The lowest BCUT2D eigenvalue weighted by molar-refractivity contribution is -0.140. The maximum absolute atomic E-state index is 13.5. The lowest BCUT2D eigenvalue weighted by atomic mass is 9.81. The van der Waals surface area contributed by atoms with Crippen LogP contribution in [0.5, 0.6) is 0 Å². The summed E-state index contributed by atoms with van der Waals surface area (Å²) in [6, 6.07) is 13.4. The van der Waals surface area contributed by atoms with Crippen LogP contribution in [0.2, 0.25) is 0 Å². The van der Waals surface area contributed by atoms with Gasteiger partial charge in [-0.1, -0.05) is 24.6 Å². The molecular weight excluding hydrogens is 455 g/mol. The van der Waals surface area contributed by atoms with E-state index in [0.717, 1.165) is 36.4 Å². The number of aromatic nitrogens is 3. The molecular formula is C26H26F3N5O. The van der Waals surface area contributed by atoms with Crippen molar-refractivity contribution in [3.63, 3.8) is 0 Å². The van der Waals surface area contributed by atoms with Crippen LogP contribution in [0.3, 0.4) is 0 Å². The molecule has 0 saturated heterocycles.